The van der Waals surface area contributed by atoms with Gasteiger partial charge in [0.25, 0.3) is 0 Å². The van der Waals surface area contributed by atoms with Crippen LogP contribution < -0.4 is 5.32 Å². The number of hydrogen-bond acceptors (Lipinski definition) is 3. The fourth-order valence-electron chi connectivity index (χ4n) is 2.55. The van der Waals surface area contributed by atoms with Crippen molar-refractivity contribution in [3.8, 4) is 0 Å². The maximum absolute atomic E-state index is 5.54. The van der Waals surface area contributed by atoms with Crippen LogP contribution in [0.5, 0.6) is 0 Å². The molecule has 0 saturated heterocycles. The smallest absolute Gasteiger partial charge is 0.208 e. The molecule has 1 heterocycles. The number of unbranched alkanes of at least 4 members (excludes halogenated alkanes) is 9. The van der Waals surface area contributed by atoms with E-state index in [9.17, 15) is 0 Å². The lowest BCUT2D eigenvalue weighted by molar-refractivity contribution is 0.445. The largest absolute Gasteiger partial charge is 0.444 e. The van der Waals surface area contributed by atoms with Crippen LogP contribution in [0.1, 0.15) is 88.5 Å². The quantitative estimate of drug-likeness (QED) is 0.501. The van der Waals surface area contributed by atoms with E-state index in [2.05, 4.69) is 17.2 Å². The summed E-state index contributed by atoms with van der Waals surface area (Å²) in [5.41, 5.74) is 1.01. The van der Waals surface area contributed by atoms with E-state index in [1.54, 1.807) is 0 Å². The van der Waals surface area contributed by atoms with Crippen LogP contribution in [0.25, 0.3) is 0 Å². The summed E-state index contributed by atoms with van der Waals surface area (Å²) >= 11 is 0. The Labute approximate surface area is 130 Å². The fraction of sp³-hybridized carbons (Fsp3) is 0.833. The van der Waals surface area contributed by atoms with E-state index in [0.29, 0.717) is 0 Å². The molecule has 0 spiro atoms. The number of aromatic nitrogens is 1. The summed E-state index contributed by atoms with van der Waals surface area (Å²) in [6, 6.07) is 0. The van der Waals surface area contributed by atoms with E-state index in [1.165, 1.54) is 64.2 Å². The lowest BCUT2D eigenvalue weighted by Gasteiger charge is -2.03. The first-order valence-corrected chi connectivity index (χ1v) is 8.87. The predicted molar refractivity (Wildman–Crippen MR) is 89.5 cm³/mol. The third-order valence-electron chi connectivity index (χ3n) is 4.06. The van der Waals surface area contributed by atoms with Gasteiger partial charge < -0.3 is 9.73 Å². The molecule has 1 aromatic heterocycles. The van der Waals surface area contributed by atoms with Crippen molar-refractivity contribution in [2.24, 2.45) is 0 Å². The molecule has 1 rings (SSSR count). The maximum Gasteiger partial charge on any atom is 0.208 e. The molecule has 0 atom stereocenters. The molecule has 3 heteroatoms. The molecule has 1 aromatic rings. The van der Waals surface area contributed by atoms with Gasteiger partial charge in [-0.3, -0.25) is 0 Å². The van der Waals surface area contributed by atoms with Crippen LogP contribution in [0.2, 0.25) is 0 Å². The SMILES string of the molecule is CCCCCCCCCCCCNCc1nc(C)c(C)o1. The molecule has 0 radical (unpaired) electrons. The molecule has 0 fully saturated rings. The van der Waals surface area contributed by atoms with Crippen LogP contribution in [0.15, 0.2) is 4.42 Å². The number of oxazole rings is 1. The van der Waals surface area contributed by atoms with E-state index in [-0.39, 0.29) is 0 Å². The summed E-state index contributed by atoms with van der Waals surface area (Å²) in [5.74, 6) is 1.75. The first-order valence-electron chi connectivity index (χ1n) is 8.87. The molecule has 0 aromatic carbocycles. The van der Waals surface area contributed by atoms with Gasteiger partial charge in [0, 0.05) is 0 Å². The molecule has 0 unspecified atom stereocenters. The van der Waals surface area contributed by atoms with E-state index in [0.717, 1.165) is 30.4 Å². The van der Waals surface area contributed by atoms with Crippen LogP contribution >= 0.6 is 0 Å². The van der Waals surface area contributed by atoms with Gasteiger partial charge in [-0.05, 0) is 26.8 Å². The standard InChI is InChI=1S/C18H34N2O/c1-4-5-6-7-8-9-10-11-12-13-14-19-15-18-20-16(2)17(3)21-18/h19H,4-15H2,1-3H3. The van der Waals surface area contributed by atoms with Gasteiger partial charge >= 0.3 is 0 Å². The molecular weight excluding hydrogens is 260 g/mol. The monoisotopic (exact) mass is 294 g/mol. The molecule has 0 saturated carbocycles. The Kier molecular flexibility index (Phi) is 10.2. The summed E-state index contributed by atoms with van der Waals surface area (Å²) in [6.07, 6.45) is 13.9. The van der Waals surface area contributed by atoms with E-state index in [1.807, 2.05) is 13.8 Å². The number of nitrogens with one attached hydrogen (secondary N) is 1. The van der Waals surface area contributed by atoms with Crippen molar-refractivity contribution in [1.82, 2.24) is 10.3 Å². The highest BCUT2D eigenvalue weighted by Gasteiger charge is 2.03. The summed E-state index contributed by atoms with van der Waals surface area (Å²) in [5, 5.41) is 3.41. The Balaban J connectivity index is 1.82. The second-order valence-electron chi connectivity index (χ2n) is 6.11. The molecule has 122 valence electrons. The Bertz CT molecular complexity index is 341. The van der Waals surface area contributed by atoms with Crippen molar-refractivity contribution in [2.45, 2.75) is 91.5 Å². The summed E-state index contributed by atoms with van der Waals surface area (Å²) in [7, 11) is 0. The van der Waals surface area contributed by atoms with Crippen molar-refractivity contribution in [2.75, 3.05) is 6.54 Å². The van der Waals surface area contributed by atoms with Crippen LogP contribution in [0, 0.1) is 13.8 Å². The molecular formula is C18H34N2O. The maximum atomic E-state index is 5.54. The van der Waals surface area contributed by atoms with Gasteiger partial charge in [0.05, 0.1) is 12.2 Å². The van der Waals surface area contributed by atoms with Gasteiger partial charge in [0.1, 0.15) is 5.76 Å². The predicted octanol–water partition coefficient (Wildman–Crippen LogP) is 5.30. The molecule has 0 aliphatic heterocycles. The zero-order chi connectivity index (χ0) is 15.3. The van der Waals surface area contributed by atoms with Crippen LogP contribution in [0.4, 0.5) is 0 Å². The molecule has 0 aliphatic rings. The van der Waals surface area contributed by atoms with Gasteiger partial charge in [-0.25, -0.2) is 4.98 Å². The van der Waals surface area contributed by atoms with E-state index < -0.39 is 0 Å². The van der Waals surface area contributed by atoms with Gasteiger partial charge in [-0.15, -0.1) is 0 Å². The topological polar surface area (TPSA) is 38.1 Å². The number of aryl methyl sites for hydroxylation is 2. The van der Waals surface area contributed by atoms with Crippen molar-refractivity contribution >= 4 is 0 Å². The Morgan fingerprint density at radius 1 is 0.857 bits per heavy atom. The minimum absolute atomic E-state index is 0.756. The Morgan fingerprint density at radius 2 is 1.43 bits per heavy atom. The lowest BCUT2D eigenvalue weighted by Crippen LogP contribution is -2.14. The zero-order valence-electron chi connectivity index (χ0n) is 14.3. The van der Waals surface area contributed by atoms with Crippen LogP contribution in [-0.4, -0.2) is 11.5 Å². The average molecular weight is 294 g/mol. The number of nitrogens with zero attached hydrogens (tertiary/aromatic N) is 1. The van der Waals surface area contributed by atoms with Crippen molar-refractivity contribution in [1.29, 1.82) is 0 Å². The molecule has 0 aliphatic carbocycles. The van der Waals surface area contributed by atoms with Gasteiger partial charge in [0.2, 0.25) is 5.89 Å². The minimum atomic E-state index is 0.756. The van der Waals surface area contributed by atoms with E-state index >= 15 is 0 Å². The molecule has 1 N–H and O–H groups in total. The number of rotatable bonds is 13. The van der Waals surface area contributed by atoms with Crippen LogP contribution in [0.3, 0.4) is 0 Å². The normalized spacial score (nSPS) is 11.2. The van der Waals surface area contributed by atoms with Gasteiger partial charge in [-0.2, -0.15) is 0 Å². The Morgan fingerprint density at radius 3 is 1.95 bits per heavy atom. The third-order valence-corrected chi connectivity index (χ3v) is 4.06. The second-order valence-corrected chi connectivity index (χ2v) is 6.11. The van der Waals surface area contributed by atoms with Crippen molar-refractivity contribution in [3.63, 3.8) is 0 Å². The summed E-state index contributed by atoms with van der Waals surface area (Å²) in [6.45, 7) is 8.06. The average Bonchev–Trinajstić information content (AvgIpc) is 2.79. The highest BCUT2D eigenvalue weighted by atomic mass is 16.4. The summed E-state index contributed by atoms with van der Waals surface area (Å²) in [4.78, 5) is 4.37. The van der Waals surface area contributed by atoms with Crippen molar-refractivity contribution < 1.29 is 4.42 Å². The van der Waals surface area contributed by atoms with Gasteiger partial charge in [0.15, 0.2) is 0 Å². The van der Waals surface area contributed by atoms with Crippen LogP contribution in [-0.2, 0) is 6.54 Å². The Hall–Kier alpha value is -0.830. The first-order chi connectivity index (χ1) is 10.2. The third kappa shape index (κ3) is 8.92. The first kappa shape index (κ1) is 18.2. The molecule has 0 amide bonds. The number of hydrogen-bond donors (Lipinski definition) is 1. The zero-order valence-corrected chi connectivity index (χ0v) is 14.3. The van der Waals surface area contributed by atoms with Crippen molar-refractivity contribution in [3.05, 3.63) is 17.3 Å². The molecule has 21 heavy (non-hydrogen) atoms. The highest BCUT2D eigenvalue weighted by molar-refractivity contribution is 5.04. The molecule has 0 bridgehead atoms. The minimum Gasteiger partial charge on any atom is -0.444 e. The second kappa shape index (κ2) is 11.8. The lowest BCUT2D eigenvalue weighted by atomic mass is 10.1. The molecule has 3 nitrogen and oxygen atoms in total. The van der Waals surface area contributed by atoms with E-state index in [4.69, 9.17) is 4.42 Å². The fourth-order valence-corrected chi connectivity index (χ4v) is 2.55. The summed E-state index contributed by atoms with van der Waals surface area (Å²) < 4.78 is 5.54. The van der Waals surface area contributed by atoms with Gasteiger partial charge in [-0.1, -0.05) is 64.7 Å². The highest BCUT2D eigenvalue weighted by Crippen LogP contribution is 2.10.